The molecule has 9 heteroatoms. The molecule has 0 aromatic heterocycles. The van der Waals surface area contributed by atoms with Crippen LogP contribution < -0.4 is 4.74 Å². The SMILES string of the molecule is COC(=O)c1cc(C(=O)OC)cc(S(=O)(=O)N2CCC(c3ccc(OC)cc3)C2)c1. The number of sulfonamides is 1. The fraction of sp³-hybridized carbons (Fsp3) is 0.333. The second-order valence-electron chi connectivity index (χ2n) is 6.85. The molecule has 8 nitrogen and oxygen atoms in total. The van der Waals surface area contributed by atoms with Crippen LogP contribution in [0.1, 0.15) is 38.6 Å². The molecule has 3 rings (SSSR count). The van der Waals surface area contributed by atoms with Gasteiger partial charge in [-0.3, -0.25) is 0 Å². The van der Waals surface area contributed by atoms with Gasteiger partial charge < -0.3 is 14.2 Å². The van der Waals surface area contributed by atoms with Crippen LogP contribution in [0.5, 0.6) is 5.75 Å². The maximum absolute atomic E-state index is 13.2. The zero-order valence-electron chi connectivity index (χ0n) is 17.0. The summed E-state index contributed by atoms with van der Waals surface area (Å²) in [5.74, 6) is -0.713. The molecular weight excluding hydrogens is 410 g/mol. The molecule has 1 unspecified atom stereocenters. The smallest absolute Gasteiger partial charge is 0.337 e. The Morgan fingerprint density at radius 3 is 2.00 bits per heavy atom. The molecule has 1 fully saturated rings. The van der Waals surface area contributed by atoms with E-state index < -0.39 is 22.0 Å². The molecule has 0 amide bonds. The van der Waals surface area contributed by atoms with E-state index in [0.29, 0.717) is 19.5 Å². The zero-order chi connectivity index (χ0) is 21.9. The van der Waals surface area contributed by atoms with Gasteiger partial charge >= 0.3 is 11.9 Å². The first-order chi connectivity index (χ1) is 14.3. The minimum Gasteiger partial charge on any atom is -0.497 e. The number of rotatable bonds is 6. The molecule has 1 aliphatic rings. The molecular formula is C21H23NO7S. The Kier molecular flexibility index (Phi) is 6.42. The zero-order valence-corrected chi connectivity index (χ0v) is 17.8. The summed E-state index contributed by atoms with van der Waals surface area (Å²) in [6.45, 7) is 0.625. The number of methoxy groups -OCH3 is 3. The summed E-state index contributed by atoms with van der Waals surface area (Å²) in [5.41, 5.74) is 0.946. The molecule has 0 bridgehead atoms. The van der Waals surface area contributed by atoms with E-state index in [2.05, 4.69) is 9.47 Å². The number of hydrogen-bond acceptors (Lipinski definition) is 7. The van der Waals surface area contributed by atoms with E-state index in [9.17, 15) is 18.0 Å². The van der Waals surface area contributed by atoms with Gasteiger partial charge in [-0.05, 0) is 48.2 Å². The van der Waals surface area contributed by atoms with Crippen molar-refractivity contribution >= 4 is 22.0 Å². The molecule has 160 valence electrons. The van der Waals surface area contributed by atoms with Crippen LogP contribution in [-0.4, -0.2) is 59.1 Å². The number of carbonyl (C=O) groups excluding carboxylic acids is 2. The van der Waals surface area contributed by atoms with E-state index in [4.69, 9.17) is 4.74 Å². The van der Waals surface area contributed by atoms with Crippen LogP contribution in [0.2, 0.25) is 0 Å². The van der Waals surface area contributed by atoms with Crippen LogP contribution >= 0.6 is 0 Å². The highest BCUT2D eigenvalue weighted by atomic mass is 32.2. The van der Waals surface area contributed by atoms with Crippen molar-refractivity contribution in [1.29, 1.82) is 0 Å². The van der Waals surface area contributed by atoms with E-state index in [1.165, 1.54) is 36.7 Å². The van der Waals surface area contributed by atoms with Crippen LogP contribution in [-0.2, 0) is 19.5 Å². The molecule has 0 radical (unpaired) electrons. The van der Waals surface area contributed by atoms with E-state index in [1.807, 2.05) is 24.3 Å². The van der Waals surface area contributed by atoms with Gasteiger partial charge in [0.2, 0.25) is 10.0 Å². The lowest BCUT2D eigenvalue weighted by Gasteiger charge is -2.18. The highest BCUT2D eigenvalue weighted by Crippen LogP contribution is 2.32. The predicted octanol–water partition coefficient (Wildman–Crippen LogP) is 2.45. The van der Waals surface area contributed by atoms with Crippen molar-refractivity contribution < 1.29 is 32.2 Å². The number of nitrogens with zero attached hydrogens (tertiary/aromatic N) is 1. The highest BCUT2D eigenvalue weighted by Gasteiger charge is 2.34. The fourth-order valence-corrected chi connectivity index (χ4v) is 5.04. The molecule has 2 aromatic carbocycles. The van der Waals surface area contributed by atoms with E-state index >= 15 is 0 Å². The summed E-state index contributed by atoms with van der Waals surface area (Å²) in [5, 5.41) is 0. The van der Waals surface area contributed by atoms with Crippen molar-refractivity contribution in [2.75, 3.05) is 34.4 Å². The first-order valence-electron chi connectivity index (χ1n) is 9.26. The summed E-state index contributed by atoms with van der Waals surface area (Å²) in [6, 6.07) is 11.2. The van der Waals surface area contributed by atoms with E-state index in [0.717, 1.165) is 11.3 Å². The van der Waals surface area contributed by atoms with Gasteiger partial charge in [-0.2, -0.15) is 4.31 Å². The summed E-state index contributed by atoms with van der Waals surface area (Å²) >= 11 is 0. The Morgan fingerprint density at radius 2 is 1.50 bits per heavy atom. The fourth-order valence-electron chi connectivity index (χ4n) is 3.46. The van der Waals surface area contributed by atoms with Crippen molar-refractivity contribution in [3.05, 3.63) is 59.2 Å². The maximum atomic E-state index is 13.2. The Bertz CT molecular complexity index is 1010. The molecule has 2 aromatic rings. The summed E-state index contributed by atoms with van der Waals surface area (Å²) < 4.78 is 42.4. The largest absolute Gasteiger partial charge is 0.497 e. The molecule has 1 aliphatic heterocycles. The molecule has 0 spiro atoms. The second kappa shape index (κ2) is 8.85. The van der Waals surface area contributed by atoms with Crippen molar-refractivity contribution in [2.45, 2.75) is 17.2 Å². The van der Waals surface area contributed by atoms with Crippen molar-refractivity contribution in [1.82, 2.24) is 4.31 Å². The first-order valence-corrected chi connectivity index (χ1v) is 10.7. The van der Waals surface area contributed by atoms with Gasteiger partial charge in [-0.25, -0.2) is 18.0 Å². The Labute approximate surface area is 175 Å². The van der Waals surface area contributed by atoms with Gasteiger partial charge in [0.25, 0.3) is 0 Å². The van der Waals surface area contributed by atoms with Gasteiger partial charge in [0, 0.05) is 13.1 Å². The van der Waals surface area contributed by atoms with Gasteiger partial charge in [0.05, 0.1) is 37.4 Å². The van der Waals surface area contributed by atoms with Crippen LogP contribution in [0.3, 0.4) is 0 Å². The van der Waals surface area contributed by atoms with E-state index in [1.54, 1.807) is 7.11 Å². The molecule has 1 saturated heterocycles. The van der Waals surface area contributed by atoms with Crippen molar-refractivity contribution in [3.8, 4) is 5.75 Å². The van der Waals surface area contributed by atoms with Crippen LogP contribution in [0, 0.1) is 0 Å². The number of carbonyl (C=O) groups is 2. The molecule has 0 aliphatic carbocycles. The third-order valence-corrected chi connectivity index (χ3v) is 6.97. The number of benzene rings is 2. The Balaban J connectivity index is 1.90. The maximum Gasteiger partial charge on any atom is 0.337 e. The lowest BCUT2D eigenvalue weighted by atomic mass is 9.99. The minimum absolute atomic E-state index is 0.0366. The number of hydrogen-bond donors (Lipinski definition) is 0. The van der Waals surface area contributed by atoms with Gasteiger partial charge in [-0.1, -0.05) is 12.1 Å². The average molecular weight is 433 g/mol. The standard InChI is InChI=1S/C21H23NO7S/c1-27-18-6-4-14(5-7-18)15-8-9-22(13-15)30(25,26)19-11-16(20(23)28-2)10-17(12-19)21(24)29-3/h4-7,10-12,15H,8-9,13H2,1-3H3. The van der Waals surface area contributed by atoms with Crippen LogP contribution in [0.4, 0.5) is 0 Å². The molecule has 0 N–H and O–H groups in total. The molecule has 30 heavy (non-hydrogen) atoms. The number of esters is 2. The quantitative estimate of drug-likeness (QED) is 0.645. The van der Waals surface area contributed by atoms with E-state index in [-0.39, 0.29) is 21.9 Å². The monoisotopic (exact) mass is 433 g/mol. The molecule has 1 heterocycles. The predicted molar refractivity (Wildman–Crippen MR) is 108 cm³/mol. The summed E-state index contributed by atoms with van der Waals surface area (Å²) in [6.07, 6.45) is 0.659. The van der Waals surface area contributed by atoms with Gasteiger partial charge in [-0.15, -0.1) is 0 Å². The van der Waals surface area contributed by atoms with Crippen LogP contribution in [0.15, 0.2) is 47.4 Å². The number of ether oxygens (including phenoxy) is 3. The molecule has 0 saturated carbocycles. The highest BCUT2D eigenvalue weighted by molar-refractivity contribution is 7.89. The summed E-state index contributed by atoms with van der Waals surface area (Å²) in [4.78, 5) is 23.8. The third-order valence-electron chi connectivity index (χ3n) is 5.12. The Morgan fingerprint density at radius 1 is 0.933 bits per heavy atom. The Hall–Kier alpha value is -2.91. The topological polar surface area (TPSA) is 99.2 Å². The third kappa shape index (κ3) is 4.31. The average Bonchev–Trinajstić information content (AvgIpc) is 3.28. The lowest BCUT2D eigenvalue weighted by Crippen LogP contribution is -2.29. The van der Waals surface area contributed by atoms with Crippen molar-refractivity contribution in [3.63, 3.8) is 0 Å². The lowest BCUT2D eigenvalue weighted by molar-refractivity contribution is 0.0598. The van der Waals surface area contributed by atoms with Gasteiger partial charge in [0.1, 0.15) is 5.75 Å². The molecule has 1 atom stereocenters. The van der Waals surface area contributed by atoms with Crippen molar-refractivity contribution in [2.24, 2.45) is 0 Å². The first kappa shape index (κ1) is 21.8. The minimum atomic E-state index is -3.93. The normalized spacial score (nSPS) is 16.8. The second-order valence-corrected chi connectivity index (χ2v) is 8.79. The van der Waals surface area contributed by atoms with Crippen LogP contribution in [0.25, 0.3) is 0 Å². The van der Waals surface area contributed by atoms with Gasteiger partial charge in [0.15, 0.2) is 0 Å². The summed E-state index contributed by atoms with van der Waals surface area (Å²) in [7, 11) is 0.0230.